The Hall–Kier alpha value is -0.590. The van der Waals surface area contributed by atoms with Gasteiger partial charge in [-0.1, -0.05) is 18.2 Å². The number of methoxy groups -OCH3 is 1. The molecule has 0 spiro atoms. The maximum atomic E-state index is 5.44. The number of benzene rings is 1. The first-order valence-corrected chi connectivity index (χ1v) is 7.95. The molecule has 0 aliphatic heterocycles. The molecule has 1 aromatic carbocycles. The summed E-state index contributed by atoms with van der Waals surface area (Å²) in [6.45, 7) is 5.15. The zero-order valence-electron chi connectivity index (χ0n) is 12.2. The fourth-order valence-corrected chi connectivity index (χ4v) is 2.32. The summed E-state index contributed by atoms with van der Waals surface area (Å²) >= 11 is 1.86. The summed E-state index contributed by atoms with van der Waals surface area (Å²) < 4.78 is 15.6. The highest BCUT2D eigenvalue weighted by atomic mass is 32.2. The summed E-state index contributed by atoms with van der Waals surface area (Å²) in [5.74, 6) is 1.07. The van der Waals surface area contributed by atoms with Gasteiger partial charge >= 0.3 is 0 Å². The van der Waals surface area contributed by atoms with Crippen molar-refractivity contribution in [3.8, 4) is 0 Å². The third-order valence-corrected chi connectivity index (χ3v) is 3.53. The summed E-state index contributed by atoms with van der Waals surface area (Å²) in [5.41, 5.74) is 0. The molecule has 0 radical (unpaired) electrons. The smallest absolute Gasteiger partial charge is 0.0701 e. The number of hydrogen-bond acceptors (Lipinski definition) is 5. The highest BCUT2D eigenvalue weighted by Gasteiger charge is 1.93. The number of hydrogen-bond donors (Lipinski definition) is 1. The third kappa shape index (κ3) is 10.2. The molecule has 0 saturated carbocycles. The molecule has 1 N–H and O–H groups in total. The highest BCUT2D eigenvalue weighted by Crippen LogP contribution is 2.15. The molecule has 0 unspecified atom stereocenters. The van der Waals surface area contributed by atoms with Gasteiger partial charge in [-0.25, -0.2) is 0 Å². The lowest BCUT2D eigenvalue weighted by atomic mass is 10.4. The van der Waals surface area contributed by atoms with Gasteiger partial charge < -0.3 is 19.5 Å². The molecule has 0 aliphatic carbocycles. The van der Waals surface area contributed by atoms with Gasteiger partial charge in [-0.05, 0) is 12.1 Å². The van der Waals surface area contributed by atoms with Gasteiger partial charge in [-0.3, -0.25) is 0 Å². The lowest BCUT2D eigenvalue weighted by Gasteiger charge is -2.07. The van der Waals surface area contributed by atoms with Crippen molar-refractivity contribution in [3.05, 3.63) is 30.3 Å². The SMILES string of the molecule is COCCOCCOCCNCCSc1ccccc1. The van der Waals surface area contributed by atoms with E-state index in [1.54, 1.807) is 7.11 Å². The first-order chi connectivity index (χ1) is 9.93. The van der Waals surface area contributed by atoms with Gasteiger partial charge in [0, 0.05) is 30.8 Å². The lowest BCUT2D eigenvalue weighted by molar-refractivity contribution is 0.0256. The molecule has 4 nitrogen and oxygen atoms in total. The van der Waals surface area contributed by atoms with Crippen LogP contribution in [0.15, 0.2) is 35.2 Å². The van der Waals surface area contributed by atoms with Crippen molar-refractivity contribution in [1.29, 1.82) is 0 Å². The molecule has 1 aromatic rings. The predicted molar refractivity (Wildman–Crippen MR) is 83.5 cm³/mol. The van der Waals surface area contributed by atoms with E-state index >= 15 is 0 Å². The van der Waals surface area contributed by atoms with Crippen LogP contribution in [0.5, 0.6) is 0 Å². The van der Waals surface area contributed by atoms with Crippen LogP contribution in [0.3, 0.4) is 0 Å². The van der Waals surface area contributed by atoms with Gasteiger partial charge in [0.1, 0.15) is 0 Å². The van der Waals surface area contributed by atoms with Gasteiger partial charge in [-0.2, -0.15) is 0 Å². The molecule has 0 aromatic heterocycles. The van der Waals surface area contributed by atoms with Crippen molar-refractivity contribution >= 4 is 11.8 Å². The maximum absolute atomic E-state index is 5.44. The Balaban J connectivity index is 1.77. The number of thioether (sulfide) groups is 1. The Morgan fingerprint density at radius 2 is 1.60 bits per heavy atom. The minimum Gasteiger partial charge on any atom is -0.382 e. The molecule has 0 atom stereocenters. The van der Waals surface area contributed by atoms with E-state index in [9.17, 15) is 0 Å². The molecule has 0 amide bonds. The lowest BCUT2D eigenvalue weighted by Crippen LogP contribution is -2.23. The van der Waals surface area contributed by atoms with E-state index in [0.717, 1.165) is 25.4 Å². The Kier molecular flexibility index (Phi) is 11.7. The normalized spacial score (nSPS) is 10.8. The van der Waals surface area contributed by atoms with Gasteiger partial charge in [0.15, 0.2) is 0 Å². The molecule has 20 heavy (non-hydrogen) atoms. The summed E-state index contributed by atoms with van der Waals surface area (Å²) in [6.07, 6.45) is 0. The largest absolute Gasteiger partial charge is 0.382 e. The van der Waals surface area contributed by atoms with Crippen molar-refractivity contribution in [3.63, 3.8) is 0 Å². The summed E-state index contributed by atoms with van der Waals surface area (Å²) in [7, 11) is 1.67. The van der Waals surface area contributed by atoms with Crippen molar-refractivity contribution in [2.75, 3.05) is 59.0 Å². The van der Waals surface area contributed by atoms with Crippen LogP contribution < -0.4 is 5.32 Å². The monoisotopic (exact) mass is 299 g/mol. The fraction of sp³-hybridized carbons (Fsp3) is 0.600. The second-order valence-electron chi connectivity index (χ2n) is 4.13. The Morgan fingerprint density at radius 1 is 0.900 bits per heavy atom. The quantitative estimate of drug-likeness (QED) is 0.446. The number of nitrogens with one attached hydrogen (secondary N) is 1. The zero-order valence-corrected chi connectivity index (χ0v) is 13.0. The molecular weight excluding hydrogens is 274 g/mol. The molecule has 114 valence electrons. The highest BCUT2D eigenvalue weighted by molar-refractivity contribution is 7.99. The van der Waals surface area contributed by atoms with E-state index in [-0.39, 0.29) is 0 Å². The van der Waals surface area contributed by atoms with Crippen LogP contribution in [-0.2, 0) is 14.2 Å². The van der Waals surface area contributed by atoms with Crippen molar-refractivity contribution in [1.82, 2.24) is 5.32 Å². The van der Waals surface area contributed by atoms with Crippen LogP contribution in [0.25, 0.3) is 0 Å². The van der Waals surface area contributed by atoms with Gasteiger partial charge in [-0.15, -0.1) is 11.8 Å². The van der Waals surface area contributed by atoms with E-state index in [1.807, 2.05) is 17.8 Å². The van der Waals surface area contributed by atoms with Crippen LogP contribution in [0, 0.1) is 0 Å². The molecule has 1 rings (SSSR count). The van der Waals surface area contributed by atoms with Crippen molar-refractivity contribution in [2.45, 2.75) is 4.90 Å². The average molecular weight is 299 g/mol. The third-order valence-electron chi connectivity index (χ3n) is 2.52. The van der Waals surface area contributed by atoms with E-state index < -0.39 is 0 Å². The topological polar surface area (TPSA) is 39.7 Å². The Morgan fingerprint density at radius 3 is 2.35 bits per heavy atom. The predicted octanol–water partition coefficient (Wildman–Crippen LogP) is 2.05. The zero-order chi connectivity index (χ0) is 14.3. The van der Waals surface area contributed by atoms with E-state index in [0.29, 0.717) is 26.4 Å². The first kappa shape index (κ1) is 17.5. The molecular formula is C15H25NO3S. The standard InChI is InChI=1S/C15H25NO3S/c1-17-10-11-19-13-12-18-9-7-16-8-14-20-15-5-3-2-4-6-15/h2-6,16H,7-14H2,1H3. The minimum atomic E-state index is 0.632. The van der Waals surface area contributed by atoms with Crippen LogP contribution >= 0.6 is 11.8 Å². The van der Waals surface area contributed by atoms with Gasteiger partial charge in [0.05, 0.1) is 33.0 Å². The molecule has 0 heterocycles. The molecule has 0 aliphatic rings. The van der Waals surface area contributed by atoms with Crippen LogP contribution in [-0.4, -0.2) is 59.0 Å². The second kappa shape index (κ2) is 13.4. The van der Waals surface area contributed by atoms with Crippen LogP contribution in [0.1, 0.15) is 0 Å². The summed E-state index contributed by atoms with van der Waals surface area (Å²) in [5, 5.41) is 3.36. The van der Waals surface area contributed by atoms with Crippen LogP contribution in [0.4, 0.5) is 0 Å². The number of ether oxygens (including phenoxy) is 3. The van der Waals surface area contributed by atoms with Gasteiger partial charge in [0.2, 0.25) is 0 Å². The minimum absolute atomic E-state index is 0.632. The Labute approximate surface area is 126 Å². The molecule has 5 heteroatoms. The molecule has 0 fully saturated rings. The van der Waals surface area contributed by atoms with Crippen LogP contribution in [0.2, 0.25) is 0 Å². The summed E-state index contributed by atoms with van der Waals surface area (Å²) in [6, 6.07) is 10.4. The molecule has 0 saturated heterocycles. The first-order valence-electron chi connectivity index (χ1n) is 6.96. The van der Waals surface area contributed by atoms with E-state index in [1.165, 1.54) is 4.90 Å². The van der Waals surface area contributed by atoms with Crippen molar-refractivity contribution in [2.24, 2.45) is 0 Å². The Bertz CT molecular complexity index is 311. The average Bonchev–Trinajstić information content (AvgIpc) is 2.49. The second-order valence-corrected chi connectivity index (χ2v) is 5.30. The van der Waals surface area contributed by atoms with E-state index in [2.05, 4.69) is 29.6 Å². The molecule has 0 bridgehead atoms. The number of rotatable bonds is 13. The van der Waals surface area contributed by atoms with Crippen molar-refractivity contribution < 1.29 is 14.2 Å². The fourth-order valence-electron chi connectivity index (χ4n) is 1.49. The summed E-state index contributed by atoms with van der Waals surface area (Å²) in [4.78, 5) is 1.32. The van der Waals surface area contributed by atoms with Gasteiger partial charge in [0.25, 0.3) is 0 Å². The maximum Gasteiger partial charge on any atom is 0.0701 e. The van der Waals surface area contributed by atoms with E-state index in [4.69, 9.17) is 14.2 Å².